The Balaban J connectivity index is 1.87. The van der Waals surface area contributed by atoms with Crippen molar-refractivity contribution in [2.75, 3.05) is 34.0 Å². The summed E-state index contributed by atoms with van der Waals surface area (Å²) in [6.45, 7) is 14.8. The van der Waals surface area contributed by atoms with E-state index < -0.39 is 8.07 Å². The van der Waals surface area contributed by atoms with Crippen molar-refractivity contribution < 1.29 is 9.47 Å². The number of methoxy groups -OCH3 is 2. The van der Waals surface area contributed by atoms with Crippen molar-refractivity contribution in [1.29, 1.82) is 0 Å². The molecule has 1 aromatic carbocycles. The Morgan fingerprint density at radius 1 is 0.964 bits per heavy atom. The maximum absolute atomic E-state index is 5.47. The van der Waals surface area contributed by atoms with Crippen LogP contribution in [0.15, 0.2) is 24.3 Å². The highest BCUT2D eigenvalue weighted by atomic mass is 28.3. The van der Waals surface area contributed by atoms with Crippen LogP contribution in [-0.2, 0) is 20.9 Å². The first-order valence-electron chi connectivity index (χ1n) is 11.0. The highest BCUT2D eigenvalue weighted by Gasteiger charge is 2.33. The van der Waals surface area contributed by atoms with Crippen LogP contribution in [0.4, 0.5) is 0 Å². The largest absolute Gasteiger partial charge is 0.383 e. The number of rotatable bonds is 10. The number of benzene rings is 1. The molecule has 0 saturated carbocycles. The van der Waals surface area contributed by atoms with Crippen molar-refractivity contribution in [3.05, 3.63) is 35.4 Å². The van der Waals surface area contributed by atoms with Gasteiger partial charge < -0.3 is 9.47 Å². The molecule has 2 atom stereocenters. The Kier molecular flexibility index (Phi) is 8.74. The molecule has 0 bridgehead atoms. The van der Waals surface area contributed by atoms with Crippen molar-refractivity contribution in [2.45, 2.75) is 82.7 Å². The molecule has 0 amide bonds. The molecule has 0 N–H and O–H groups in total. The topological polar surface area (TPSA) is 21.7 Å². The Labute approximate surface area is 174 Å². The molecule has 1 aliphatic rings. The van der Waals surface area contributed by atoms with E-state index in [0.717, 1.165) is 13.2 Å². The van der Waals surface area contributed by atoms with E-state index >= 15 is 0 Å². The van der Waals surface area contributed by atoms with Crippen LogP contribution >= 0.6 is 0 Å². The van der Waals surface area contributed by atoms with Gasteiger partial charge in [0, 0.05) is 26.3 Å². The summed E-state index contributed by atoms with van der Waals surface area (Å²) >= 11 is 0. The second-order valence-corrected chi connectivity index (χ2v) is 15.6. The number of hydrogen-bond acceptors (Lipinski definition) is 3. The molecule has 0 aliphatic carbocycles. The minimum Gasteiger partial charge on any atom is -0.383 e. The smallest absolute Gasteiger partial charge is 0.0618 e. The minimum atomic E-state index is -1.25. The fraction of sp³-hybridized carbons (Fsp3) is 0.750. The van der Waals surface area contributed by atoms with E-state index in [1.54, 1.807) is 0 Å². The maximum Gasteiger partial charge on any atom is 0.0618 e. The van der Waals surface area contributed by atoms with Crippen LogP contribution in [0.3, 0.4) is 0 Å². The van der Waals surface area contributed by atoms with Crippen LogP contribution in [0.25, 0.3) is 0 Å². The summed E-state index contributed by atoms with van der Waals surface area (Å²) in [6.07, 6.45) is 3.77. The van der Waals surface area contributed by atoms with E-state index in [9.17, 15) is 0 Å². The Morgan fingerprint density at radius 3 is 1.96 bits per heavy atom. The van der Waals surface area contributed by atoms with Gasteiger partial charge in [0.15, 0.2) is 0 Å². The molecular weight excluding hydrogens is 362 g/mol. The van der Waals surface area contributed by atoms with Crippen LogP contribution in [0, 0.1) is 0 Å². The van der Waals surface area contributed by atoms with Crippen LogP contribution < -0.4 is 0 Å². The van der Waals surface area contributed by atoms with Gasteiger partial charge in [-0.1, -0.05) is 69.7 Å². The summed E-state index contributed by atoms with van der Waals surface area (Å²) in [5, 5.41) is 0. The second kappa shape index (κ2) is 10.4. The van der Waals surface area contributed by atoms with E-state index in [-0.39, 0.29) is 5.41 Å². The summed E-state index contributed by atoms with van der Waals surface area (Å²) < 4.78 is 10.9. The molecule has 0 aromatic heterocycles. The molecule has 160 valence electrons. The maximum atomic E-state index is 5.47. The van der Waals surface area contributed by atoms with Gasteiger partial charge in [-0.3, -0.25) is 4.90 Å². The van der Waals surface area contributed by atoms with Crippen molar-refractivity contribution in [1.82, 2.24) is 4.90 Å². The van der Waals surface area contributed by atoms with Gasteiger partial charge in [-0.05, 0) is 42.8 Å². The zero-order chi connectivity index (χ0) is 20.8. The van der Waals surface area contributed by atoms with Crippen LogP contribution in [-0.4, -0.2) is 59.0 Å². The Morgan fingerprint density at radius 2 is 1.50 bits per heavy atom. The fourth-order valence-corrected chi connectivity index (χ4v) is 7.26. The quantitative estimate of drug-likeness (QED) is 0.494. The second-order valence-electron chi connectivity index (χ2n) is 10.4. The molecule has 1 saturated heterocycles. The average molecular weight is 406 g/mol. The summed E-state index contributed by atoms with van der Waals surface area (Å²) in [7, 11) is 2.39. The first kappa shape index (κ1) is 23.6. The average Bonchev–Trinajstić information content (AvgIpc) is 2.97. The normalized spacial score (nSPS) is 21.4. The summed E-state index contributed by atoms with van der Waals surface area (Å²) in [4.78, 5) is 2.66. The highest BCUT2D eigenvalue weighted by Crippen LogP contribution is 2.27. The lowest BCUT2D eigenvalue weighted by Gasteiger charge is -2.31. The molecule has 1 heterocycles. The third-order valence-corrected chi connectivity index (χ3v) is 9.33. The third-order valence-electron chi connectivity index (χ3n) is 6.26. The predicted octanol–water partition coefficient (Wildman–Crippen LogP) is 5.29. The fourth-order valence-electron chi connectivity index (χ4n) is 4.63. The van der Waals surface area contributed by atoms with Gasteiger partial charge >= 0.3 is 0 Å². The zero-order valence-corrected chi connectivity index (χ0v) is 20.4. The molecule has 3 nitrogen and oxygen atoms in total. The zero-order valence-electron chi connectivity index (χ0n) is 19.4. The summed E-state index contributed by atoms with van der Waals surface area (Å²) in [5.74, 6) is 0. The van der Waals surface area contributed by atoms with E-state index in [2.05, 4.69) is 63.0 Å². The summed E-state index contributed by atoms with van der Waals surface area (Å²) in [5.41, 5.74) is 3.18. The minimum absolute atomic E-state index is 0.235. The number of nitrogens with zero attached hydrogens (tertiary/aromatic N) is 1. The number of ether oxygens (including phenoxy) is 2. The highest BCUT2D eigenvalue weighted by molar-refractivity contribution is 6.76. The molecule has 0 radical (unpaired) electrons. The van der Waals surface area contributed by atoms with E-state index in [4.69, 9.17) is 9.47 Å². The van der Waals surface area contributed by atoms with Gasteiger partial charge in [-0.15, -0.1) is 0 Å². The lowest BCUT2D eigenvalue weighted by Crippen LogP contribution is -2.42. The molecular formula is C24H43NO2Si. The van der Waals surface area contributed by atoms with E-state index in [1.165, 1.54) is 49.0 Å². The van der Waals surface area contributed by atoms with E-state index in [0.29, 0.717) is 12.1 Å². The van der Waals surface area contributed by atoms with Crippen molar-refractivity contribution in [3.8, 4) is 0 Å². The van der Waals surface area contributed by atoms with Gasteiger partial charge in [0.2, 0.25) is 0 Å². The Bertz CT molecular complexity index is 565. The number of likely N-dealkylation sites (tertiary alicyclic amines) is 1. The molecule has 4 heteroatoms. The molecule has 1 aliphatic heterocycles. The predicted molar refractivity (Wildman–Crippen MR) is 123 cm³/mol. The molecule has 1 aromatic rings. The van der Waals surface area contributed by atoms with Crippen molar-refractivity contribution >= 4 is 8.07 Å². The standard InChI is InChI=1S/C24H43NO2Si/c1-24(2,3)21-11-9-20(10-12-21)19-28(6,7)16-8-15-25-22(17-26-4)13-14-23(25)18-27-5/h9-12,22-23H,8,13-19H2,1-7H3. The molecule has 2 unspecified atom stereocenters. The lowest BCUT2D eigenvalue weighted by molar-refractivity contribution is 0.0630. The van der Waals surface area contributed by atoms with Crippen LogP contribution in [0.1, 0.15) is 51.2 Å². The van der Waals surface area contributed by atoms with Gasteiger partial charge in [-0.2, -0.15) is 0 Å². The van der Waals surface area contributed by atoms with E-state index in [1.807, 2.05) is 14.2 Å². The first-order valence-corrected chi connectivity index (χ1v) is 14.4. The van der Waals surface area contributed by atoms with Crippen LogP contribution in [0.2, 0.25) is 19.1 Å². The summed E-state index contributed by atoms with van der Waals surface area (Å²) in [6, 6.07) is 13.2. The first-order chi connectivity index (χ1) is 13.2. The van der Waals surface area contributed by atoms with Gasteiger partial charge in [-0.25, -0.2) is 0 Å². The number of hydrogen-bond donors (Lipinski definition) is 0. The lowest BCUT2D eigenvalue weighted by atomic mass is 9.87. The van der Waals surface area contributed by atoms with Gasteiger partial charge in [0.05, 0.1) is 21.3 Å². The van der Waals surface area contributed by atoms with Crippen LogP contribution in [0.5, 0.6) is 0 Å². The monoisotopic (exact) mass is 405 g/mol. The molecule has 28 heavy (non-hydrogen) atoms. The van der Waals surface area contributed by atoms with Gasteiger partial charge in [0.1, 0.15) is 0 Å². The van der Waals surface area contributed by atoms with Crippen molar-refractivity contribution in [3.63, 3.8) is 0 Å². The SMILES string of the molecule is COCC1CCC(COC)N1CCC[Si](C)(C)Cc1ccc(C(C)(C)C)cc1. The van der Waals surface area contributed by atoms with Crippen molar-refractivity contribution in [2.24, 2.45) is 0 Å². The van der Waals surface area contributed by atoms with Gasteiger partial charge in [0.25, 0.3) is 0 Å². The Hall–Kier alpha value is -0.683. The molecule has 2 rings (SSSR count). The molecule has 0 spiro atoms. The molecule has 1 fully saturated rings. The third kappa shape index (κ3) is 6.98.